The lowest BCUT2D eigenvalue weighted by Gasteiger charge is -2.04. The fourth-order valence-electron chi connectivity index (χ4n) is 1.36. The number of hydrogen-bond acceptors (Lipinski definition) is 3. The average Bonchev–Trinajstić information content (AvgIpc) is 2.32. The normalized spacial score (nSPS) is 10.4. The first-order valence-electron chi connectivity index (χ1n) is 4.38. The van der Waals surface area contributed by atoms with Crippen LogP contribution in [0.25, 0.3) is 10.9 Å². The highest BCUT2D eigenvalue weighted by Gasteiger charge is 2.09. The van der Waals surface area contributed by atoms with Crippen molar-refractivity contribution in [3.63, 3.8) is 0 Å². The number of aromatic nitrogens is 1. The van der Waals surface area contributed by atoms with Gasteiger partial charge < -0.3 is 0 Å². The van der Waals surface area contributed by atoms with Gasteiger partial charge in [0.1, 0.15) is 0 Å². The van der Waals surface area contributed by atoms with E-state index in [9.17, 15) is 4.79 Å². The zero-order valence-electron chi connectivity index (χ0n) is 8.00. The summed E-state index contributed by atoms with van der Waals surface area (Å²) in [6.45, 7) is 0. The number of amides is 1. The Morgan fingerprint density at radius 2 is 2.00 bits per heavy atom. The quantitative estimate of drug-likeness (QED) is 0.466. The van der Waals surface area contributed by atoms with Gasteiger partial charge in [-0.1, -0.05) is 23.2 Å². The third kappa shape index (κ3) is 1.82. The van der Waals surface area contributed by atoms with Gasteiger partial charge in [-0.3, -0.25) is 15.2 Å². The number of hydrazine groups is 1. The minimum atomic E-state index is -0.426. The molecule has 0 saturated heterocycles. The molecule has 0 saturated carbocycles. The molecule has 0 aliphatic rings. The number of carbonyl (C=O) groups is 1. The molecule has 0 spiro atoms. The second-order valence-corrected chi connectivity index (χ2v) is 3.94. The predicted octanol–water partition coefficient (Wildman–Crippen LogP) is 2.15. The summed E-state index contributed by atoms with van der Waals surface area (Å²) in [5.41, 5.74) is 2.92. The van der Waals surface area contributed by atoms with E-state index in [1.165, 1.54) is 6.20 Å². The molecule has 1 heterocycles. The third-order valence-corrected chi connectivity index (χ3v) is 2.78. The smallest absolute Gasteiger partial charge is 0.266 e. The lowest BCUT2D eigenvalue weighted by Crippen LogP contribution is -2.30. The Labute approximate surface area is 101 Å². The summed E-state index contributed by atoms with van der Waals surface area (Å²) in [5, 5.41) is 1.59. The van der Waals surface area contributed by atoms with E-state index >= 15 is 0 Å². The van der Waals surface area contributed by atoms with Crippen molar-refractivity contribution in [1.82, 2.24) is 10.4 Å². The lowest BCUT2D eigenvalue weighted by molar-refractivity contribution is 0.0953. The monoisotopic (exact) mass is 255 g/mol. The van der Waals surface area contributed by atoms with Gasteiger partial charge in [-0.25, -0.2) is 5.84 Å². The van der Waals surface area contributed by atoms with Crippen LogP contribution in [0.1, 0.15) is 10.4 Å². The summed E-state index contributed by atoms with van der Waals surface area (Å²) < 4.78 is 0. The second-order valence-electron chi connectivity index (χ2n) is 3.12. The second kappa shape index (κ2) is 4.25. The molecule has 0 unspecified atom stereocenters. The number of nitrogens with one attached hydrogen (secondary N) is 1. The Balaban J connectivity index is 2.70. The van der Waals surface area contributed by atoms with Gasteiger partial charge in [0.2, 0.25) is 0 Å². The highest BCUT2D eigenvalue weighted by Crippen LogP contribution is 2.28. The number of nitrogens with two attached hydrogens (primary N) is 1. The molecular weight excluding hydrogens is 249 g/mol. The van der Waals surface area contributed by atoms with Crippen LogP contribution in [0.15, 0.2) is 24.4 Å². The molecular formula is C10H7Cl2N3O. The van der Waals surface area contributed by atoms with Gasteiger partial charge >= 0.3 is 0 Å². The van der Waals surface area contributed by atoms with E-state index in [0.717, 1.165) is 0 Å². The number of halogens is 2. The number of nitrogens with zero attached hydrogens (tertiary/aromatic N) is 1. The van der Waals surface area contributed by atoms with Crippen molar-refractivity contribution in [3.8, 4) is 0 Å². The first-order chi connectivity index (χ1) is 7.63. The van der Waals surface area contributed by atoms with Gasteiger partial charge in [-0.15, -0.1) is 0 Å². The number of carbonyl (C=O) groups excluding carboxylic acids is 1. The van der Waals surface area contributed by atoms with Crippen LogP contribution in [0.5, 0.6) is 0 Å². The van der Waals surface area contributed by atoms with Gasteiger partial charge in [0, 0.05) is 11.6 Å². The zero-order chi connectivity index (χ0) is 11.7. The molecule has 0 radical (unpaired) electrons. The molecule has 1 aromatic heterocycles. The van der Waals surface area contributed by atoms with Crippen LogP contribution in [-0.2, 0) is 0 Å². The molecule has 0 aliphatic carbocycles. The van der Waals surface area contributed by atoms with Crippen molar-refractivity contribution in [2.45, 2.75) is 0 Å². The Morgan fingerprint density at radius 1 is 1.31 bits per heavy atom. The summed E-state index contributed by atoms with van der Waals surface area (Å²) in [5.74, 6) is 4.60. The van der Waals surface area contributed by atoms with E-state index in [2.05, 4.69) is 4.98 Å². The molecule has 0 aliphatic heterocycles. The summed E-state index contributed by atoms with van der Waals surface area (Å²) >= 11 is 11.9. The third-order valence-electron chi connectivity index (χ3n) is 2.14. The van der Waals surface area contributed by atoms with Gasteiger partial charge in [0.25, 0.3) is 5.91 Å². The van der Waals surface area contributed by atoms with E-state index in [1.807, 2.05) is 5.43 Å². The first kappa shape index (κ1) is 11.1. The van der Waals surface area contributed by atoms with Crippen molar-refractivity contribution in [3.05, 3.63) is 40.0 Å². The lowest BCUT2D eigenvalue weighted by atomic mass is 10.1. The summed E-state index contributed by atoms with van der Waals surface area (Å²) in [6.07, 6.45) is 1.40. The van der Waals surface area contributed by atoms with E-state index < -0.39 is 5.91 Å². The SMILES string of the molecule is NNC(=O)c1cnc2c(Cl)ccc(Cl)c2c1. The fourth-order valence-corrected chi connectivity index (χ4v) is 1.78. The van der Waals surface area contributed by atoms with Crippen molar-refractivity contribution in [1.29, 1.82) is 0 Å². The van der Waals surface area contributed by atoms with Crippen LogP contribution in [0, 0.1) is 0 Å². The Morgan fingerprint density at radius 3 is 2.69 bits per heavy atom. The van der Waals surface area contributed by atoms with E-state index in [-0.39, 0.29) is 0 Å². The van der Waals surface area contributed by atoms with Crippen LogP contribution < -0.4 is 11.3 Å². The number of hydrogen-bond donors (Lipinski definition) is 2. The van der Waals surface area contributed by atoms with Crippen molar-refractivity contribution < 1.29 is 4.79 Å². The molecule has 2 rings (SSSR count). The summed E-state index contributed by atoms with van der Waals surface area (Å²) in [6, 6.07) is 4.90. The molecule has 82 valence electrons. The van der Waals surface area contributed by atoms with Crippen LogP contribution in [0.2, 0.25) is 10.0 Å². The van der Waals surface area contributed by atoms with Gasteiger partial charge in [-0.2, -0.15) is 0 Å². The molecule has 2 aromatic rings. The van der Waals surface area contributed by atoms with Crippen LogP contribution >= 0.6 is 23.2 Å². The van der Waals surface area contributed by atoms with E-state index in [4.69, 9.17) is 29.0 Å². The molecule has 16 heavy (non-hydrogen) atoms. The standard InChI is InChI=1S/C10H7Cl2N3O/c11-7-1-2-8(12)9-6(7)3-5(4-14-9)10(16)15-13/h1-4H,13H2,(H,15,16). The summed E-state index contributed by atoms with van der Waals surface area (Å²) in [7, 11) is 0. The molecule has 4 nitrogen and oxygen atoms in total. The molecule has 0 bridgehead atoms. The number of pyridine rings is 1. The summed E-state index contributed by atoms with van der Waals surface area (Å²) in [4.78, 5) is 15.4. The average molecular weight is 256 g/mol. The molecule has 6 heteroatoms. The molecule has 1 aromatic carbocycles. The van der Waals surface area contributed by atoms with E-state index in [1.54, 1.807) is 18.2 Å². The largest absolute Gasteiger partial charge is 0.290 e. The maximum Gasteiger partial charge on any atom is 0.266 e. The number of fused-ring (bicyclic) bond motifs is 1. The Kier molecular flexibility index (Phi) is 2.96. The number of benzene rings is 1. The Bertz CT molecular complexity index is 571. The number of rotatable bonds is 1. The van der Waals surface area contributed by atoms with Gasteiger partial charge in [-0.05, 0) is 18.2 Å². The first-order valence-corrected chi connectivity index (χ1v) is 5.14. The van der Waals surface area contributed by atoms with Crippen LogP contribution in [-0.4, -0.2) is 10.9 Å². The molecule has 0 fully saturated rings. The topological polar surface area (TPSA) is 68.0 Å². The molecule has 3 N–H and O–H groups in total. The highest BCUT2D eigenvalue weighted by molar-refractivity contribution is 6.39. The van der Waals surface area contributed by atoms with Crippen molar-refractivity contribution >= 4 is 40.0 Å². The maximum absolute atomic E-state index is 11.3. The maximum atomic E-state index is 11.3. The highest BCUT2D eigenvalue weighted by atomic mass is 35.5. The van der Waals surface area contributed by atoms with Crippen molar-refractivity contribution in [2.24, 2.45) is 5.84 Å². The Hall–Kier alpha value is -1.36. The van der Waals surface area contributed by atoms with Gasteiger partial charge in [0.15, 0.2) is 0 Å². The van der Waals surface area contributed by atoms with E-state index in [0.29, 0.717) is 26.5 Å². The van der Waals surface area contributed by atoms with Crippen molar-refractivity contribution in [2.75, 3.05) is 0 Å². The molecule has 0 atom stereocenters. The minimum Gasteiger partial charge on any atom is -0.290 e. The predicted molar refractivity (Wildman–Crippen MR) is 63.4 cm³/mol. The fraction of sp³-hybridized carbons (Fsp3) is 0. The van der Waals surface area contributed by atoms with Gasteiger partial charge in [0.05, 0.1) is 21.1 Å². The van der Waals surface area contributed by atoms with Crippen LogP contribution in [0.4, 0.5) is 0 Å². The minimum absolute atomic E-state index is 0.333. The van der Waals surface area contributed by atoms with Crippen LogP contribution in [0.3, 0.4) is 0 Å². The zero-order valence-corrected chi connectivity index (χ0v) is 9.51. The molecule has 1 amide bonds. The number of nitrogen functional groups attached to an aromatic ring is 1.